The molecule has 1 aromatic rings. The zero-order chi connectivity index (χ0) is 12.3. The molecule has 2 rings (SSSR count). The van der Waals surface area contributed by atoms with Crippen molar-refractivity contribution in [1.29, 1.82) is 5.26 Å². The fraction of sp³-hybridized carbons (Fsp3) is 0.500. The summed E-state index contributed by atoms with van der Waals surface area (Å²) in [6, 6.07) is 10.4. The maximum atomic E-state index is 9.41. The van der Waals surface area contributed by atoms with Crippen LogP contribution in [0.25, 0.3) is 0 Å². The van der Waals surface area contributed by atoms with Gasteiger partial charge in [-0.1, -0.05) is 24.3 Å². The number of aryl methyl sites for hydroxylation is 1. The molecule has 1 aliphatic rings. The second-order valence-electron chi connectivity index (χ2n) is 4.56. The SMILES string of the molecule is Cc1ccccc1[C@H](C#N)N1CCO[C@H](C)C1. The quantitative estimate of drug-likeness (QED) is 0.782. The molecule has 0 aliphatic carbocycles. The van der Waals surface area contributed by atoms with Crippen molar-refractivity contribution in [3.05, 3.63) is 35.4 Å². The van der Waals surface area contributed by atoms with Gasteiger partial charge in [0.05, 0.1) is 18.8 Å². The molecule has 0 amide bonds. The summed E-state index contributed by atoms with van der Waals surface area (Å²) in [7, 11) is 0. The second kappa shape index (κ2) is 5.31. The first-order chi connectivity index (χ1) is 8.22. The maximum Gasteiger partial charge on any atom is 0.124 e. The molecule has 0 unspecified atom stereocenters. The maximum absolute atomic E-state index is 9.41. The fourth-order valence-electron chi connectivity index (χ4n) is 2.32. The summed E-state index contributed by atoms with van der Waals surface area (Å²) in [5.41, 5.74) is 2.29. The molecular formula is C14H18N2O. The van der Waals surface area contributed by atoms with E-state index in [9.17, 15) is 5.26 Å². The van der Waals surface area contributed by atoms with Gasteiger partial charge in [-0.25, -0.2) is 0 Å². The van der Waals surface area contributed by atoms with Crippen LogP contribution in [0.4, 0.5) is 0 Å². The van der Waals surface area contributed by atoms with Crippen LogP contribution in [0, 0.1) is 18.3 Å². The first-order valence-corrected chi connectivity index (χ1v) is 6.03. The van der Waals surface area contributed by atoms with Crippen molar-refractivity contribution in [3.8, 4) is 6.07 Å². The summed E-state index contributed by atoms with van der Waals surface area (Å²) in [6.07, 6.45) is 0.212. The lowest BCUT2D eigenvalue weighted by Crippen LogP contribution is -2.42. The number of rotatable bonds is 2. The van der Waals surface area contributed by atoms with Crippen LogP contribution in [-0.2, 0) is 4.74 Å². The number of ether oxygens (including phenoxy) is 1. The summed E-state index contributed by atoms with van der Waals surface area (Å²) in [6.45, 7) is 6.48. The Kier molecular flexibility index (Phi) is 3.78. The van der Waals surface area contributed by atoms with Crippen LogP contribution in [0.3, 0.4) is 0 Å². The van der Waals surface area contributed by atoms with E-state index in [0.717, 1.165) is 18.7 Å². The average molecular weight is 230 g/mol. The van der Waals surface area contributed by atoms with E-state index in [-0.39, 0.29) is 12.1 Å². The molecule has 1 aromatic carbocycles. The van der Waals surface area contributed by atoms with E-state index >= 15 is 0 Å². The van der Waals surface area contributed by atoms with Crippen LogP contribution in [0.5, 0.6) is 0 Å². The highest BCUT2D eigenvalue weighted by Gasteiger charge is 2.26. The van der Waals surface area contributed by atoms with Gasteiger partial charge in [0.2, 0.25) is 0 Å². The van der Waals surface area contributed by atoms with Gasteiger partial charge in [-0.15, -0.1) is 0 Å². The first kappa shape index (κ1) is 12.1. The lowest BCUT2D eigenvalue weighted by Gasteiger charge is -2.34. The summed E-state index contributed by atoms with van der Waals surface area (Å²) < 4.78 is 5.52. The minimum Gasteiger partial charge on any atom is -0.376 e. The predicted molar refractivity (Wildman–Crippen MR) is 66.5 cm³/mol. The molecule has 2 atom stereocenters. The molecule has 1 aliphatic heterocycles. The standard InChI is InChI=1S/C14H18N2O/c1-11-5-3-4-6-13(11)14(9-15)16-7-8-17-12(2)10-16/h3-6,12,14H,7-8,10H2,1-2H3/t12-,14+/m1/s1. The Bertz CT molecular complexity index is 424. The highest BCUT2D eigenvalue weighted by atomic mass is 16.5. The van der Waals surface area contributed by atoms with E-state index in [4.69, 9.17) is 4.74 Å². The van der Waals surface area contributed by atoms with Gasteiger partial charge in [-0.2, -0.15) is 5.26 Å². The van der Waals surface area contributed by atoms with Gasteiger partial charge in [0.15, 0.2) is 0 Å². The van der Waals surface area contributed by atoms with Crippen molar-refractivity contribution in [2.75, 3.05) is 19.7 Å². The normalized spacial score (nSPS) is 23.0. The third-order valence-corrected chi connectivity index (χ3v) is 3.24. The molecule has 0 aromatic heterocycles. The molecule has 17 heavy (non-hydrogen) atoms. The summed E-state index contributed by atoms with van der Waals surface area (Å²) in [5, 5.41) is 9.41. The fourth-order valence-corrected chi connectivity index (χ4v) is 2.32. The average Bonchev–Trinajstić information content (AvgIpc) is 2.33. The zero-order valence-corrected chi connectivity index (χ0v) is 10.4. The largest absolute Gasteiger partial charge is 0.376 e. The molecule has 0 N–H and O–H groups in total. The molecule has 1 saturated heterocycles. The van der Waals surface area contributed by atoms with Gasteiger partial charge >= 0.3 is 0 Å². The zero-order valence-electron chi connectivity index (χ0n) is 10.4. The highest BCUT2D eigenvalue weighted by molar-refractivity contribution is 5.32. The Morgan fingerprint density at radius 3 is 2.88 bits per heavy atom. The van der Waals surface area contributed by atoms with Crippen molar-refractivity contribution in [3.63, 3.8) is 0 Å². The molecule has 90 valence electrons. The summed E-state index contributed by atoms with van der Waals surface area (Å²) in [5.74, 6) is 0. The third kappa shape index (κ3) is 2.66. The van der Waals surface area contributed by atoms with Crippen LogP contribution in [-0.4, -0.2) is 30.7 Å². The van der Waals surface area contributed by atoms with Crippen molar-refractivity contribution < 1.29 is 4.74 Å². The molecular weight excluding hydrogens is 212 g/mol. The van der Waals surface area contributed by atoms with Crippen molar-refractivity contribution in [2.45, 2.75) is 26.0 Å². The Balaban J connectivity index is 2.22. The minimum atomic E-state index is -0.150. The van der Waals surface area contributed by atoms with Gasteiger partial charge in [0, 0.05) is 13.1 Å². The molecule has 0 saturated carbocycles. The number of hydrogen-bond donors (Lipinski definition) is 0. The lowest BCUT2D eigenvalue weighted by atomic mass is 10.0. The number of nitrogens with zero attached hydrogens (tertiary/aromatic N) is 2. The number of benzene rings is 1. The van der Waals surface area contributed by atoms with Gasteiger partial charge in [-0.3, -0.25) is 4.90 Å². The van der Waals surface area contributed by atoms with Crippen molar-refractivity contribution >= 4 is 0 Å². The van der Waals surface area contributed by atoms with Crippen LogP contribution < -0.4 is 0 Å². The van der Waals surface area contributed by atoms with Crippen molar-refractivity contribution in [1.82, 2.24) is 4.90 Å². The smallest absolute Gasteiger partial charge is 0.124 e. The van der Waals surface area contributed by atoms with Gasteiger partial charge in [0.25, 0.3) is 0 Å². The molecule has 0 spiro atoms. The van der Waals surface area contributed by atoms with E-state index < -0.39 is 0 Å². The first-order valence-electron chi connectivity index (χ1n) is 6.03. The van der Waals surface area contributed by atoms with E-state index in [2.05, 4.69) is 30.9 Å². The number of hydrogen-bond acceptors (Lipinski definition) is 3. The van der Waals surface area contributed by atoms with E-state index in [0.29, 0.717) is 6.61 Å². The van der Waals surface area contributed by atoms with E-state index in [1.54, 1.807) is 0 Å². The van der Waals surface area contributed by atoms with Crippen LogP contribution >= 0.6 is 0 Å². The van der Waals surface area contributed by atoms with E-state index in [1.165, 1.54) is 5.56 Å². The monoisotopic (exact) mass is 230 g/mol. The van der Waals surface area contributed by atoms with Crippen LogP contribution in [0.1, 0.15) is 24.1 Å². The Hall–Kier alpha value is -1.37. The Morgan fingerprint density at radius 2 is 2.24 bits per heavy atom. The van der Waals surface area contributed by atoms with Crippen LogP contribution in [0.2, 0.25) is 0 Å². The third-order valence-electron chi connectivity index (χ3n) is 3.24. The minimum absolute atomic E-state index is 0.150. The molecule has 3 nitrogen and oxygen atoms in total. The molecule has 3 heteroatoms. The highest BCUT2D eigenvalue weighted by Crippen LogP contribution is 2.24. The summed E-state index contributed by atoms with van der Waals surface area (Å²) >= 11 is 0. The molecule has 0 radical (unpaired) electrons. The van der Waals surface area contributed by atoms with Gasteiger partial charge in [0.1, 0.15) is 6.04 Å². The number of morpholine rings is 1. The van der Waals surface area contributed by atoms with Gasteiger partial charge < -0.3 is 4.74 Å². The van der Waals surface area contributed by atoms with Crippen LogP contribution in [0.15, 0.2) is 24.3 Å². The lowest BCUT2D eigenvalue weighted by molar-refractivity contribution is -0.0269. The Morgan fingerprint density at radius 1 is 1.47 bits per heavy atom. The topological polar surface area (TPSA) is 36.3 Å². The Labute approximate surface area is 103 Å². The molecule has 1 heterocycles. The van der Waals surface area contributed by atoms with Gasteiger partial charge in [-0.05, 0) is 25.0 Å². The molecule has 0 bridgehead atoms. The predicted octanol–water partition coefficient (Wildman–Crippen LogP) is 2.28. The summed E-state index contributed by atoms with van der Waals surface area (Å²) in [4.78, 5) is 2.20. The van der Waals surface area contributed by atoms with Crippen molar-refractivity contribution in [2.24, 2.45) is 0 Å². The van der Waals surface area contributed by atoms with E-state index in [1.807, 2.05) is 18.2 Å². The second-order valence-corrected chi connectivity index (χ2v) is 4.56. The number of nitriles is 1. The molecule has 1 fully saturated rings.